The van der Waals surface area contributed by atoms with Crippen LogP contribution in [0.4, 0.5) is 8.78 Å². The van der Waals surface area contributed by atoms with Crippen molar-refractivity contribution in [2.24, 2.45) is 0 Å². The fourth-order valence-corrected chi connectivity index (χ4v) is 2.32. The molecule has 17 heavy (non-hydrogen) atoms. The monoisotopic (exact) mass is 417 g/mol. The maximum atomic E-state index is 12.4. The van der Waals surface area contributed by atoms with Crippen molar-refractivity contribution in [3.05, 3.63) is 33.4 Å². The first kappa shape index (κ1) is 14.8. The molecule has 0 N–H and O–H groups in total. The van der Waals surface area contributed by atoms with Crippen LogP contribution in [0.2, 0.25) is 0 Å². The van der Waals surface area contributed by atoms with Crippen LogP contribution in [0, 0.1) is 3.57 Å². The number of benzene rings is 1. The normalized spacial score (nSPS) is 10.6. The average molecular weight is 418 g/mol. The molecule has 1 amide bonds. The number of nitrogens with zero attached hydrogens (tertiary/aromatic N) is 1. The Kier molecular flexibility index (Phi) is 6.32. The van der Waals surface area contributed by atoms with Gasteiger partial charge in [-0.05, 0) is 40.8 Å². The summed E-state index contributed by atoms with van der Waals surface area (Å²) in [6.45, 7) is -0.259. The Bertz CT molecular complexity index is 389. The molecule has 0 atom stereocenters. The van der Waals surface area contributed by atoms with Crippen molar-refractivity contribution < 1.29 is 13.6 Å². The van der Waals surface area contributed by atoms with E-state index in [9.17, 15) is 13.6 Å². The van der Waals surface area contributed by atoms with E-state index in [4.69, 9.17) is 0 Å². The van der Waals surface area contributed by atoms with Crippen LogP contribution in [-0.2, 0) is 0 Å². The number of amides is 1. The molecule has 0 aromatic heterocycles. The van der Waals surface area contributed by atoms with E-state index in [1.807, 2.05) is 6.07 Å². The van der Waals surface area contributed by atoms with Gasteiger partial charge >= 0.3 is 0 Å². The van der Waals surface area contributed by atoms with Crippen molar-refractivity contribution >= 4 is 44.4 Å². The van der Waals surface area contributed by atoms with E-state index in [0.29, 0.717) is 10.9 Å². The highest BCUT2D eigenvalue weighted by Crippen LogP contribution is 2.12. The summed E-state index contributed by atoms with van der Waals surface area (Å²) in [5.74, 6) is -0.358. The predicted octanol–water partition coefficient (Wildman–Crippen LogP) is 3.39. The van der Waals surface area contributed by atoms with Crippen LogP contribution in [0.15, 0.2) is 24.3 Å². The predicted molar refractivity (Wildman–Crippen MR) is 74.9 cm³/mol. The summed E-state index contributed by atoms with van der Waals surface area (Å²) in [5, 5.41) is 0.482. The quantitative estimate of drug-likeness (QED) is 0.531. The van der Waals surface area contributed by atoms with Crippen molar-refractivity contribution in [1.82, 2.24) is 4.90 Å². The third kappa shape index (κ3) is 4.87. The Balaban J connectivity index is 2.83. The van der Waals surface area contributed by atoms with E-state index in [2.05, 4.69) is 38.5 Å². The first-order valence-electron chi connectivity index (χ1n) is 4.93. The smallest absolute Gasteiger partial charge is 0.255 e. The van der Waals surface area contributed by atoms with E-state index >= 15 is 0 Å². The van der Waals surface area contributed by atoms with Crippen LogP contribution in [0.25, 0.3) is 0 Å². The standard InChI is InChI=1S/C11H11BrF2INO/c12-4-5-16(7-10(13)14)11(17)8-2-1-3-9(15)6-8/h1-3,6,10H,4-5,7H2. The molecule has 0 saturated carbocycles. The van der Waals surface area contributed by atoms with E-state index < -0.39 is 13.0 Å². The summed E-state index contributed by atoms with van der Waals surface area (Å²) in [7, 11) is 0. The SMILES string of the molecule is O=C(c1cccc(I)c1)N(CCBr)CC(F)F. The molecule has 0 radical (unpaired) electrons. The molecule has 94 valence electrons. The van der Waals surface area contributed by atoms with E-state index in [1.165, 1.54) is 0 Å². The van der Waals surface area contributed by atoms with Crippen LogP contribution in [-0.4, -0.2) is 35.7 Å². The molecule has 1 rings (SSSR count). The van der Waals surface area contributed by atoms with Gasteiger partial charge in [-0.25, -0.2) is 8.78 Å². The first-order chi connectivity index (χ1) is 8.04. The van der Waals surface area contributed by atoms with E-state index in [0.717, 1.165) is 8.47 Å². The summed E-state index contributed by atoms with van der Waals surface area (Å²) in [4.78, 5) is 13.1. The number of halogens is 4. The molecule has 1 aromatic rings. The van der Waals surface area contributed by atoms with Gasteiger partial charge in [-0.3, -0.25) is 4.79 Å². The van der Waals surface area contributed by atoms with Crippen LogP contribution >= 0.6 is 38.5 Å². The van der Waals surface area contributed by atoms with Gasteiger partial charge in [0.1, 0.15) is 0 Å². The Hall–Kier alpha value is -0.240. The molecular weight excluding hydrogens is 407 g/mol. The van der Waals surface area contributed by atoms with Gasteiger partial charge in [0.25, 0.3) is 12.3 Å². The molecule has 0 fully saturated rings. The van der Waals surface area contributed by atoms with Crippen LogP contribution in [0.3, 0.4) is 0 Å². The van der Waals surface area contributed by atoms with Gasteiger partial charge < -0.3 is 4.90 Å². The zero-order chi connectivity index (χ0) is 12.8. The Labute approximate surface area is 121 Å². The lowest BCUT2D eigenvalue weighted by Crippen LogP contribution is -2.36. The maximum absolute atomic E-state index is 12.4. The van der Waals surface area contributed by atoms with Gasteiger partial charge in [0, 0.05) is 21.0 Å². The second-order valence-corrected chi connectivity index (χ2v) is 5.38. The van der Waals surface area contributed by atoms with Gasteiger partial charge in [-0.15, -0.1) is 0 Å². The van der Waals surface area contributed by atoms with E-state index in [1.54, 1.807) is 18.2 Å². The Morgan fingerprint density at radius 1 is 1.47 bits per heavy atom. The van der Waals surface area contributed by atoms with Crippen molar-refractivity contribution in [3.8, 4) is 0 Å². The zero-order valence-corrected chi connectivity index (χ0v) is 12.6. The second kappa shape index (κ2) is 7.25. The third-order valence-electron chi connectivity index (χ3n) is 2.07. The summed E-state index contributed by atoms with van der Waals surface area (Å²) >= 11 is 5.24. The van der Waals surface area contributed by atoms with Crippen LogP contribution < -0.4 is 0 Å². The summed E-state index contributed by atoms with van der Waals surface area (Å²) in [6, 6.07) is 6.91. The molecule has 0 aliphatic rings. The topological polar surface area (TPSA) is 20.3 Å². The molecule has 0 spiro atoms. The van der Waals surface area contributed by atoms with Gasteiger partial charge in [-0.2, -0.15) is 0 Å². The highest BCUT2D eigenvalue weighted by molar-refractivity contribution is 14.1. The van der Waals surface area contributed by atoms with Crippen LogP contribution in [0.5, 0.6) is 0 Å². The van der Waals surface area contributed by atoms with Gasteiger partial charge in [-0.1, -0.05) is 22.0 Å². The molecule has 2 nitrogen and oxygen atoms in total. The minimum absolute atomic E-state index is 0.272. The van der Waals surface area contributed by atoms with Crippen molar-refractivity contribution in [1.29, 1.82) is 0 Å². The van der Waals surface area contributed by atoms with Gasteiger partial charge in [0.15, 0.2) is 0 Å². The Morgan fingerprint density at radius 3 is 2.71 bits per heavy atom. The number of rotatable bonds is 5. The molecule has 6 heteroatoms. The number of carbonyl (C=O) groups is 1. The van der Waals surface area contributed by atoms with Crippen molar-refractivity contribution in [3.63, 3.8) is 0 Å². The first-order valence-corrected chi connectivity index (χ1v) is 7.13. The molecule has 0 saturated heterocycles. The van der Waals surface area contributed by atoms with Crippen molar-refractivity contribution in [2.75, 3.05) is 18.4 Å². The van der Waals surface area contributed by atoms with Gasteiger partial charge in [0.2, 0.25) is 0 Å². The summed E-state index contributed by atoms with van der Waals surface area (Å²) < 4.78 is 25.6. The number of hydrogen-bond donors (Lipinski definition) is 0. The largest absolute Gasteiger partial charge is 0.332 e. The minimum Gasteiger partial charge on any atom is -0.332 e. The lowest BCUT2D eigenvalue weighted by molar-refractivity contribution is 0.0572. The lowest BCUT2D eigenvalue weighted by Gasteiger charge is -2.21. The summed E-state index contributed by atoms with van der Waals surface area (Å²) in [6.07, 6.45) is -2.51. The van der Waals surface area contributed by atoms with Crippen molar-refractivity contribution in [2.45, 2.75) is 6.43 Å². The second-order valence-electron chi connectivity index (χ2n) is 3.34. The molecule has 0 heterocycles. The highest BCUT2D eigenvalue weighted by atomic mass is 127. The Morgan fingerprint density at radius 2 is 2.18 bits per heavy atom. The number of carbonyl (C=O) groups excluding carboxylic acids is 1. The lowest BCUT2D eigenvalue weighted by atomic mass is 10.2. The minimum atomic E-state index is -2.51. The maximum Gasteiger partial charge on any atom is 0.255 e. The summed E-state index contributed by atoms with van der Waals surface area (Å²) in [5.41, 5.74) is 0.443. The molecule has 1 aromatic carbocycles. The third-order valence-corrected chi connectivity index (χ3v) is 3.10. The zero-order valence-electron chi connectivity index (χ0n) is 8.88. The molecule has 0 aliphatic carbocycles. The molecule has 0 unspecified atom stereocenters. The fourth-order valence-electron chi connectivity index (χ4n) is 1.35. The number of alkyl halides is 3. The fraction of sp³-hybridized carbons (Fsp3) is 0.364. The van der Waals surface area contributed by atoms with Gasteiger partial charge in [0.05, 0.1) is 6.54 Å². The number of hydrogen-bond acceptors (Lipinski definition) is 1. The van der Waals surface area contributed by atoms with E-state index in [-0.39, 0.29) is 12.5 Å². The average Bonchev–Trinajstić information content (AvgIpc) is 2.27. The highest BCUT2D eigenvalue weighted by Gasteiger charge is 2.19. The molecular formula is C11H11BrF2INO. The molecule has 0 aliphatic heterocycles. The van der Waals surface area contributed by atoms with Crippen LogP contribution in [0.1, 0.15) is 10.4 Å². The molecule has 0 bridgehead atoms.